The van der Waals surface area contributed by atoms with Crippen LogP contribution >= 0.6 is 11.3 Å². The second-order valence-electron chi connectivity index (χ2n) is 5.05. The van der Waals surface area contributed by atoms with Crippen LogP contribution in [0.2, 0.25) is 0 Å². The Morgan fingerprint density at radius 2 is 2.05 bits per heavy atom. The van der Waals surface area contributed by atoms with Gasteiger partial charge in [-0.1, -0.05) is 12.1 Å². The summed E-state index contributed by atoms with van der Waals surface area (Å²) in [4.78, 5) is 18.1. The van der Waals surface area contributed by atoms with E-state index in [1.807, 2.05) is 0 Å². The molecule has 4 nitrogen and oxygen atoms in total. The van der Waals surface area contributed by atoms with E-state index in [0.29, 0.717) is 6.54 Å². The van der Waals surface area contributed by atoms with Crippen LogP contribution in [0.25, 0.3) is 11.3 Å². The van der Waals surface area contributed by atoms with E-state index in [1.165, 1.54) is 6.07 Å². The summed E-state index contributed by atoms with van der Waals surface area (Å²) in [6.07, 6.45) is 2.33. The van der Waals surface area contributed by atoms with Gasteiger partial charge in [-0.15, -0.1) is 11.3 Å². The molecule has 0 atom stereocenters. The van der Waals surface area contributed by atoms with Crippen molar-refractivity contribution in [2.24, 2.45) is 0 Å². The second kappa shape index (κ2) is 5.91. The Balaban J connectivity index is 1.97. The van der Waals surface area contributed by atoms with Gasteiger partial charge in [-0.25, -0.2) is 14.2 Å². The maximum Gasteiger partial charge on any atom is 0.348 e. The molecule has 1 fully saturated rings. The minimum absolute atomic E-state index is 0.106. The van der Waals surface area contributed by atoms with Gasteiger partial charge in [0, 0.05) is 5.56 Å². The minimum Gasteiger partial charge on any atom is -0.477 e. The van der Waals surface area contributed by atoms with Crippen LogP contribution in [0.4, 0.5) is 4.39 Å². The predicted molar refractivity (Wildman–Crippen MR) is 79.0 cm³/mol. The number of likely N-dealkylation sites (tertiary alicyclic amines) is 1. The Morgan fingerprint density at radius 1 is 1.33 bits per heavy atom. The van der Waals surface area contributed by atoms with Gasteiger partial charge in [0.05, 0.1) is 12.2 Å². The molecule has 0 unspecified atom stereocenters. The topological polar surface area (TPSA) is 53.4 Å². The van der Waals surface area contributed by atoms with Crippen molar-refractivity contribution in [3.05, 3.63) is 40.0 Å². The first-order valence-corrected chi connectivity index (χ1v) is 7.67. The molecule has 0 saturated carbocycles. The Morgan fingerprint density at radius 3 is 2.71 bits per heavy atom. The smallest absolute Gasteiger partial charge is 0.348 e. The fourth-order valence-corrected chi connectivity index (χ4v) is 3.50. The molecule has 0 aliphatic carbocycles. The molecule has 2 heterocycles. The molecule has 1 aliphatic rings. The number of rotatable bonds is 4. The second-order valence-corrected chi connectivity index (χ2v) is 6.14. The molecule has 0 radical (unpaired) electrons. The van der Waals surface area contributed by atoms with Crippen molar-refractivity contribution < 1.29 is 14.3 Å². The lowest BCUT2D eigenvalue weighted by molar-refractivity contribution is 0.0702. The van der Waals surface area contributed by atoms with Gasteiger partial charge in [-0.05, 0) is 38.1 Å². The van der Waals surface area contributed by atoms with E-state index in [0.717, 1.165) is 42.3 Å². The van der Waals surface area contributed by atoms with Gasteiger partial charge in [-0.2, -0.15) is 0 Å². The lowest BCUT2D eigenvalue weighted by atomic mass is 10.1. The number of aromatic carboxylic acids is 1. The highest BCUT2D eigenvalue weighted by Gasteiger charge is 2.22. The Bertz CT molecular complexity index is 665. The van der Waals surface area contributed by atoms with Crippen LogP contribution < -0.4 is 0 Å². The van der Waals surface area contributed by atoms with Crippen LogP contribution in [0.15, 0.2) is 24.3 Å². The third-order valence-electron chi connectivity index (χ3n) is 3.55. The molecule has 6 heteroatoms. The quantitative estimate of drug-likeness (QED) is 0.942. The average molecular weight is 306 g/mol. The summed E-state index contributed by atoms with van der Waals surface area (Å²) in [6, 6.07) is 6.15. The summed E-state index contributed by atoms with van der Waals surface area (Å²) in [5.74, 6) is -1.50. The van der Waals surface area contributed by atoms with E-state index in [4.69, 9.17) is 0 Å². The zero-order valence-electron chi connectivity index (χ0n) is 11.4. The molecule has 1 aliphatic heterocycles. The summed E-state index contributed by atoms with van der Waals surface area (Å²) in [5.41, 5.74) is 0.485. The molecule has 0 amide bonds. The predicted octanol–water partition coefficient (Wildman–Crippen LogP) is 3.24. The number of benzene rings is 1. The van der Waals surface area contributed by atoms with Gasteiger partial charge >= 0.3 is 5.97 Å². The molecule has 110 valence electrons. The lowest BCUT2D eigenvalue weighted by Crippen LogP contribution is -2.18. The van der Waals surface area contributed by atoms with Crippen LogP contribution in [-0.2, 0) is 6.54 Å². The summed E-state index contributed by atoms with van der Waals surface area (Å²) in [6.45, 7) is 2.66. The van der Waals surface area contributed by atoms with Crippen molar-refractivity contribution in [3.63, 3.8) is 0 Å². The number of nitrogens with zero attached hydrogens (tertiary/aromatic N) is 2. The highest BCUT2D eigenvalue weighted by molar-refractivity contribution is 7.14. The first-order valence-electron chi connectivity index (χ1n) is 6.85. The lowest BCUT2D eigenvalue weighted by Gasteiger charge is -2.11. The molecular formula is C15H15FN2O2S. The Kier molecular flexibility index (Phi) is 3.98. The molecule has 0 spiro atoms. The maximum absolute atomic E-state index is 13.9. The third kappa shape index (κ3) is 2.96. The fraction of sp³-hybridized carbons (Fsp3) is 0.333. The zero-order valence-corrected chi connectivity index (χ0v) is 12.2. The van der Waals surface area contributed by atoms with Crippen LogP contribution in [0.5, 0.6) is 0 Å². The summed E-state index contributed by atoms with van der Waals surface area (Å²) in [7, 11) is 0. The highest BCUT2D eigenvalue weighted by atomic mass is 32.1. The maximum atomic E-state index is 13.9. The largest absolute Gasteiger partial charge is 0.477 e. The van der Waals surface area contributed by atoms with E-state index >= 15 is 0 Å². The van der Waals surface area contributed by atoms with E-state index in [1.54, 1.807) is 18.2 Å². The number of halogens is 1. The molecule has 1 aromatic carbocycles. The van der Waals surface area contributed by atoms with Gasteiger partial charge in [-0.3, -0.25) is 4.90 Å². The number of hydrogen-bond donors (Lipinski definition) is 1. The van der Waals surface area contributed by atoms with Crippen LogP contribution in [0.3, 0.4) is 0 Å². The molecule has 1 N–H and O–H groups in total. The minimum atomic E-state index is -1.06. The molecule has 1 saturated heterocycles. The zero-order chi connectivity index (χ0) is 14.8. The number of carbonyl (C=O) groups is 1. The van der Waals surface area contributed by atoms with Crippen molar-refractivity contribution in [2.75, 3.05) is 13.1 Å². The number of aromatic nitrogens is 1. The van der Waals surface area contributed by atoms with Gasteiger partial charge in [0.1, 0.15) is 15.7 Å². The van der Waals surface area contributed by atoms with Crippen LogP contribution in [0.1, 0.15) is 27.5 Å². The Hall–Kier alpha value is -1.79. The summed E-state index contributed by atoms with van der Waals surface area (Å²) < 4.78 is 13.9. The SMILES string of the molecule is O=C(O)c1sc(CN2CCCC2)nc1-c1ccccc1F. The van der Waals surface area contributed by atoms with Gasteiger partial charge in [0.15, 0.2) is 0 Å². The average Bonchev–Trinajstić information content (AvgIpc) is 3.09. The molecule has 21 heavy (non-hydrogen) atoms. The van der Waals surface area contributed by atoms with Crippen molar-refractivity contribution in [3.8, 4) is 11.3 Å². The Labute approximate surface area is 125 Å². The van der Waals surface area contributed by atoms with Crippen molar-refractivity contribution in [1.82, 2.24) is 9.88 Å². The number of carboxylic acids is 1. The molecule has 2 aromatic rings. The number of thiazole rings is 1. The standard InChI is InChI=1S/C15H15FN2O2S/c16-11-6-2-1-5-10(11)13-14(15(19)20)21-12(17-13)9-18-7-3-4-8-18/h1-2,5-6H,3-4,7-9H2,(H,19,20). The van der Waals surface area contributed by atoms with E-state index in [-0.39, 0.29) is 16.1 Å². The number of hydrogen-bond acceptors (Lipinski definition) is 4. The van der Waals surface area contributed by atoms with Gasteiger partial charge in [0.25, 0.3) is 0 Å². The fourth-order valence-electron chi connectivity index (χ4n) is 2.54. The summed E-state index contributed by atoms with van der Waals surface area (Å²) in [5, 5.41) is 10.1. The molecule has 3 rings (SSSR count). The normalized spacial score (nSPS) is 15.5. The van der Waals surface area contributed by atoms with Gasteiger partial charge in [0.2, 0.25) is 0 Å². The number of carboxylic acid groups (broad SMARTS) is 1. The first kappa shape index (κ1) is 14.2. The van der Waals surface area contributed by atoms with Crippen LogP contribution in [-0.4, -0.2) is 34.0 Å². The molecule has 1 aromatic heterocycles. The monoisotopic (exact) mass is 306 g/mol. The van der Waals surface area contributed by atoms with E-state index < -0.39 is 11.8 Å². The van der Waals surface area contributed by atoms with Gasteiger partial charge < -0.3 is 5.11 Å². The molecular weight excluding hydrogens is 291 g/mol. The van der Waals surface area contributed by atoms with Crippen molar-refractivity contribution in [2.45, 2.75) is 19.4 Å². The summed E-state index contributed by atoms with van der Waals surface area (Å²) >= 11 is 1.14. The molecule has 0 bridgehead atoms. The van der Waals surface area contributed by atoms with Crippen molar-refractivity contribution in [1.29, 1.82) is 0 Å². The van der Waals surface area contributed by atoms with E-state index in [2.05, 4.69) is 9.88 Å². The highest BCUT2D eigenvalue weighted by Crippen LogP contribution is 2.31. The van der Waals surface area contributed by atoms with Crippen molar-refractivity contribution >= 4 is 17.3 Å². The third-order valence-corrected chi connectivity index (χ3v) is 4.58. The van der Waals surface area contributed by atoms with Crippen LogP contribution in [0, 0.1) is 5.82 Å². The van der Waals surface area contributed by atoms with E-state index in [9.17, 15) is 14.3 Å². The first-order chi connectivity index (χ1) is 10.1.